The third-order valence-corrected chi connectivity index (χ3v) is 1.56. The van der Waals surface area contributed by atoms with Crippen molar-refractivity contribution in [1.29, 1.82) is 0 Å². The van der Waals surface area contributed by atoms with Crippen molar-refractivity contribution in [3.63, 3.8) is 0 Å². The van der Waals surface area contributed by atoms with E-state index in [2.05, 4.69) is 12.6 Å². The summed E-state index contributed by atoms with van der Waals surface area (Å²) in [4.78, 5) is 0. The Morgan fingerprint density at radius 2 is 2.20 bits per heavy atom. The molecule has 1 N–H and O–H groups in total. The van der Waals surface area contributed by atoms with Crippen molar-refractivity contribution >= 4 is 12.6 Å². The van der Waals surface area contributed by atoms with Gasteiger partial charge in [0, 0.05) is 17.4 Å². The van der Waals surface area contributed by atoms with E-state index >= 15 is 0 Å². The maximum atomic E-state index is 12.3. The van der Waals surface area contributed by atoms with Gasteiger partial charge >= 0.3 is 0 Å². The zero-order chi connectivity index (χ0) is 7.56. The highest BCUT2D eigenvalue weighted by atomic mass is 32.1. The molecule has 0 spiro atoms. The zero-order valence-electron chi connectivity index (χ0n) is 5.21. The lowest BCUT2D eigenvalue weighted by molar-refractivity contribution is 0.464. The number of halogens is 1. The van der Waals surface area contributed by atoms with Crippen LogP contribution in [0.15, 0.2) is 18.2 Å². The molecular weight excluding hydrogens is 151 g/mol. The van der Waals surface area contributed by atoms with Gasteiger partial charge in [-0.15, -0.1) is 0 Å². The molecule has 1 aromatic carbocycles. The Kier molecular flexibility index (Phi) is 2.17. The van der Waals surface area contributed by atoms with Gasteiger partial charge in [0.15, 0.2) is 0 Å². The fourth-order valence-corrected chi connectivity index (χ4v) is 0.938. The van der Waals surface area contributed by atoms with Crippen LogP contribution in [-0.2, 0) is 5.75 Å². The molecule has 1 aromatic rings. The lowest BCUT2D eigenvalue weighted by Gasteiger charge is -1.98. The van der Waals surface area contributed by atoms with Crippen LogP contribution in [0.1, 0.15) is 5.56 Å². The van der Waals surface area contributed by atoms with Gasteiger partial charge in [-0.1, -0.05) is 6.07 Å². The van der Waals surface area contributed by atoms with Crippen LogP contribution >= 0.6 is 12.6 Å². The Hall–Kier alpha value is -0.700. The first kappa shape index (κ1) is 7.41. The molecule has 1 nitrogen and oxygen atoms in total. The second-order valence-corrected chi connectivity index (χ2v) is 2.25. The van der Waals surface area contributed by atoms with Gasteiger partial charge in [-0.25, -0.2) is 4.39 Å². The number of hydrogen-bond donors (Lipinski definition) is 2. The predicted molar refractivity (Wildman–Crippen MR) is 40.8 cm³/mol. The summed E-state index contributed by atoms with van der Waals surface area (Å²) in [6.45, 7) is 0. The van der Waals surface area contributed by atoms with Crippen molar-refractivity contribution in [3.8, 4) is 5.75 Å². The lowest BCUT2D eigenvalue weighted by atomic mass is 10.2. The third-order valence-electron chi connectivity index (χ3n) is 1.22. The maximum Gasteiger partial charge on any atom is 0.126 e. The molecule has 1 rings (SSSR count). The van der Waals surface area contributed by atoms with Crippen molar-refractivity contribution in [2.75, 3.05) is 0 Å². The molecule has 0 aromatic heterocycles. The van der Waals surface area contributed by atoms with E-state index in [1.54, 1.807) is 0 Å². The fourth-order valence-electron chi connectivity index (χ4n) is 0.671. The summed E-state index contributed by atoms with van der Waals surface area (Å²) in [6.07, 6.45) is 0. The summed E-state index contributed by atoms with van der Waals surface area (Å²) in [6, 6.07) is 3.88. The Labute approximate surface area is 63.9 Å². The standard InChI is InChI=1S/C7H7FOS/c8-6-2-1-5(4-10)7(9)3-6/h1-3,9-10H,4H2. The number of rotatable bonds is 1. The molecule has 0 aliphatic rings. The van der Waals surface area contributed by atoms with E-state index in [-0.39, 0.29) is 5.75 Å². The minimum Gasteiger partial charge on any atom is -0.508 e. The largest absolute Gasteiger partial charge is 0.508 e. The molecular formula is C7H7FOS. The molecule has 0 unspecified atom stereocenters. The van der Waals surface area contributed by atoms with E-state index in [9.17, 15) is 4.39 Å². The van der Waals surface area contributed by atoms with Crippen LogP contribution in [0.25, 0.3) is 0 Å². The van der Waals surface area contributed by atoms with Crippen molar-refractivity contribution in [2.45, 2.75) is 5.75 Å². The summed E-state index contributed by atoms with van der Waals surface area (Å²) in [5.41, 5.74) is 0.643. The topological polar surface area (TPSA) is 20.2 Å². The molecule has 0 fully saturated rings. The first-order chi connectivity index (χ1) is 4.74. The van der Waals surface area contributed by atoms with Gasteiger partial charge in [-0.3, -0.25) is 0 Å². The highest BCUT2D eigenvalue weighted by molar-refractivity contribution is 7.79. The minimum absolute atomic E-state index is 0.0324. The molecule has 0 saturated carbocycles. The predicted octanol–water partition coefficient (Wildman–Crippen LogP) is 1.96. The van der Waals surface area contributed by atoms with Gasteiger partial charge in [0.05, 0.1) is 0 Å². The van der Waals surface area contributed by atoms with Crippen LogP contribution < -0.4 is 0 Å². The van der Waals surface area contributed by atoms with Crippen LogP contribution in [-0.4, -0.2) is 5.11 Å². The Morgan fingerprint density at radius 3 is 2.70 bits per heavy atom. The van der Waals surface area contributed by atoms with Crippen molar-refractivity contribution < 1.29 is 9.50 Å². The number of phenolic OH excluding ortho intramolecular Hbond substituents is 1. The van der Waals surface area contributed by atoms with Crippen molar-refractivity contribution in [1.82, 2.24) is 0 Å². The quantitative estimate of drug-likeness (QED) is 0.599. The zero-order valence-corrected chi connectivity index (χ0v) is 6.11. The molecule has 0 amide bonds. The van der Waals surface area contributed by atoms with Gasteiger partial charge in [-0.05, 0) is 6.07 Å². The highest BCUT2D eigenvalue weighted by Crippen LogP contribution is 2.18. The van der Waals surface area contributed by atoms with Crippen LogP contribution in [0.3, 0.4) is 0 Å². The molecule has 0 heterocycles. The van der Waals surface area contributed by atoms with E-state index in [1.807, 2.05) is 0 Å². The van der Waals surface area contributed by atoms with Gasteiger partial charge < -0.3 is 5.11 Å². The summed E-state index contributed by atoms with van der Waals surface area (Å²) in [5.74, 6) is -0.0374. The normalized spacial score (nSPS) is 9.80. The van der Waals surface area contributed by atoms with Gasteiger partial charge in [0.1, 0.15) is 11.6 Å². The Bertz CT molecular complexity index is 237. The first-order valence-electron chi connectivity index (χ1n) is 2.82. The monoisotopic (exact) mass is 158 g/mol. The summed E-state index contributed by atoms with van der Waals surface area (Å²) in [5, 5.41) is 9.00. The molecule has 0 aliphatic heterocycles. The average Bonchev–Trinajstić information content (AvgIpc) is 1.88. The van der Waals surface area contributed by atoms with Gasteiger partial charge in [-0.2, -0.15) is 12.6 Å². The second kappa shape index (κ2) is 2.92. The van der Waals surface area contributed by atoms with Gasteiger partial charge in [0.25, 0.3) is 0 Å². The smallest absolute Gasteiger partial charge is 0.126 e. The molecule has 10 heavy (non-hydrogen) atoms. The Morgan fingerprint density at radius 1 is 1.50 bits per heavy atom. The molecule has 0 aliphatic carbocycles. The first-order valence-corrected chi connectivity index (χ1v) is 3.45. The lowest BCUT2D eigenvalue weighted by Crippen LogP contribution is -1.80. The minimum atomic E-state index is -0.428. The number of benzene rings is 1. The average molecular weight is 158 g/mol. The van der Waals surface area contributed by atoms with E-state index in [1.165, 1.54) is 12.1 Å². The Balaban J connectivity index is 3.07. The van der Waals surface area contributed by atoms with E-state index in [0.717, 1.165) is 6.07 Å². The molecule has 0 radical (unpaired) electrons. The van der Waals surface area contributed by atoms with E-state index in [4.69, 9.17) is 5.11 Å². The van der Waals surface area contributed by atoms with Crippen LogP contribution in [0.5, 0.6) is 5.75 Å². The third kappa shape index (κ3) is 1.42. The molecule has 0 atom stereocenters. The number of thiol groups is 1. The summed E-state index contributed by atoms with van der Waals surface area (Å²) >= 11 is 3.93. The van der Waals surface area contributed by atoms with Crippen LogP contribution in [0, 0.1) is 5.82 Å². The highest BCUT2D eigenvalue weighted by Gasteiger charge is 1.98. The SMILES string of the molecule is Oc1cc(F)ccc1CS. The fraction of sp³-hybridized carbons (Fsp3) is 0.143. The second-order valence-electron chi connectivity index (χ2n) is 1.93. The maximum absolute atomic E-state index is 12.3. The molecule has 3 heteroatoms. The number of hydrogen-bond acceptors (Lipinski definition) is 2. The van der Waals surface area contributed by atoms with Crippen molar-refractivity contribution in [2.24, 2.45) is 0 Å². The summed E-state index contributed by atoms with van der Waals surface area (Å²) < 4.78 is 12.3. The van der Waals surface area contributed by atoms with Crippen LogP contribution in [0.2, 0.25) is 0 Å². The number of aromatic hydroxyl groups is 1. The van der Waals surface area contributed by atoms with E-state index < -0.39 is 5.82 Å². The molecule has 0 saturated heterocycles. The number of phenols is 1. The van der Waals surface area contributed by atoms with Crippen LogP contribution in [0.4, 0.5) is 4.39 Å². The molecule has 54 valence electrons. The van der Waals surface area contributed by atoms with Gasteiger partial charge in [0.2, 0.25) is 0 Å². The van der Waals surface area contributed by atoms with Crippen molar-refractivity contribution in [3.05, 3.63) is 29.6 Å². The van der Waals surface area contributed by atoms with E-state index in [0.29, 0.717) is 11.3 Å². The molecule has 0 bridgehead atoms. The summed E-state index contributed by atoms with van der Waals surface area (Å²) in [7, 11) is 0.